The molecule has 17 heavy (non-hydrogen) atoms. The van der Waals surface area contributed by atoms with Crippen molar-refractivity contribution in [3.63, 3.8) is 0 Å². The van der Waals surface area contributed by atoms with Crippen LogP contribution in [0.2, 0.25) is 0 Å². The van der Waals surface area contributed by atoms with Crippen molar-refractivity contribution in [2.75, 3.05) is 7.11 Å². The highest BCUT2D eigenvalue weighted by atomic mass is 19.1. The van der Waals surface area contributed by atoms with E-state index in [1.807, 2.05) is 13.8 Å². The lowest BCUT2D eigenvalue weighted by Crippen LogP contribution is -2.29. The van der Waals surface area contributed by atoms with E-state index in [4.69, 9.17) is 10.5 Å². The molecule has 1 rings (SSSR count). The number of carbonyl (C=O) groups is 1. The molecule has 0 aromatic heterocycles. The molecule has 0 saturated heterocycles. The molecule has 0 spiro atoms. The fourth-order valence-corrected chi connectivity index (χ4v) is 1.46. The number of nitrogens with two attached hydrogens (primary N) is 1. The minimum Gasteiger partial charge on any atom is -0.496 e. The summed E-state index contributed by atoms with van der Waals surface area (Å²) >= 11 is 0. The van der Waals surface area contributed by atoms with Crippen LogP contribution in [0, 0.1) is 11.7 Å². The molecule has 3 nitrogen and oxygen atoms in total. The van der Waals surface area contributed by atoms with E-state index in [1.165, 1.54) is 25.3 Å². The molecule has 0 heterocycles. The number of carbonyl (C=O) groups excluding carboxylic acids is 1. The topological polar surface area (TPSA) is 52.3 Å². The molecule has 1 aromatic rings. The first-order valence-corrected chi connectivity index (χ1v) is 5.58. The van der Waals surface area contributed by atoms with Crippen molar-refractivity contribution in [3.8, 4) is 5.75 Å². The molecule has 2 N–H and O–H groups in total. The van der Waals surface area contributed by atoms with Crippen LogP contribution in [0.5, 0.6) is 5.75 Å². The second kappa shape index (κ2) is 5.77. The number of rotatable bonds is 5. The Morgan fingerprint density at radius 3 is 2.65 bits per heavy atom. The first kappa shape index (κ1) is 13.6. The van der Waals surface area contributed by atoms with Crippen LogP contribution < -0.4 is 10.5 Å². The fourth-order valence-electron chi connectivity index (χ4n) is 1.46. The Morgan fingerprint density at radius 2 is 2.12 bits per heavy atom. The SMILES string of the molecule is COc1ccc(F)cc1C(=O)CC(N)C(C)C. The molecule has 0 saturated carbocycles. The fraction of sp³-hybridized carbons (Fsp3) is 0.462. The van der Waals surface area contributed by atoms with Crippen molar-refractivity contribution >= 4 is 5.78 Å². The summed E-state index contributed by atoms with van der Waals surface area (Å²) in [6.45, 7) is 3.89. The average Bonchev–Trinajstić information content (AvgIpc) is 2.28. The van der Waals surface area contributed by atoms with Gasteiger partial charge in [0.05, 0.1) is 12.7 Å². The first-order chi connectivity index (χ1) is 7.95. The quantitative estimate of drug-likeness (QED) is 0.803. The van der Waals surface area contributed by atoms with Gasteiger partial charge in [0, 0.05) is 12.5 Å². The molecule has 94 valence electrons. The average molecular weight is 239 g/mol. The zero-order chi connectivity index (χ0) is 13.0. The number of halogens is 1. The zero-order valence-corrected chi connectivity index (χ0v) is 10.4. The predicted octanol–water partition coefficient (Wildman–Crippen LogP) is 2.39. The Kier molecular flexibility index (Phi) is 4.63. The lowest BCUT2D eigenvalue weighted by Gasteiger charge is -2.15. The molecule has 0 amide bonds. The Hall–Kier alpha value is -1.42. The van der Waals surface area contributed by atoms with Gasteiger partial charge in [0.15, 0.2) is 5.78 Å². The van der Waals surface area contributed by atoms with Gasteiger partial charge in [-0.25, -0.2) is 4.39 Å². The van der Waals surface area contributed by atoms with Crippen LogP contribution in [-0.2, 0) is 0 Å². The minimum absolute atomic E-state index is 0.192. The van der Waals surface area contributed by atoms with Crippen LogP contribution in [0.3, 0.4) is 0 Å². The van der Waals surface area contributed by atoms with Gasteiger partial charge in [-0.1, -0.05) is 13.8 Å². The van der Waals surface area contributed by atoms with E-state index in [9.17, 15) is 9.18 Å². The Bertz CT molecular complexity index is 404. The third-order valence-corrected chi connectivity index (χ3v) is 2.74. The number of methoxy groups -OCH3 is 1. The Balaban J connectivity index is 2.91. The molecule has 1 aromatic carbocycles. The summed E-state index contributed by atoms with van der Waals surface area (Å²) in [6, 6.07) is 3.67. The van der Waals surface area contributed by atoms with Crippen molar-refractivity contribution in [1.82, 2.24) is 0 Å². The number of hydrogen-bond donors (Lipinski definition) is 1. The lowest BCUT2D eigenvalue weighted by molar-refractivity contribution is 0.0964. The smallest absolute Gasteiger partial charge is 0.168 e. The second-order valence-corrected chi connectivity index (χ2v) is 4.38. The monoisotopic (exact) mass is 239 g/mol. The van der Waals surface area contributed by atoms with Gasteiger partial charge in [0.1, 0.15) is 11.6 Å². The molecule has 1 unspecified atom stereocenters. The van der Waals surface area contributed by atoms with Crippen molar-refractivity contribution in [2.45, 2.75) is 26.3 Å². The number of ether oxygens (including phenoxy) is 1. The van der Waals surface area contributed by atoms with Crippen LogP contribution >= 0.6 is 0 Å². The molecule has 0 fully saturated rings. The van der Waals surface area contributed by atoms with Crippen molar-refractivity contribution < 1.29 is 13.9 Å². The molecular formula is C13H18FNO2. The molecule has 0 radical (unpaired) electrons. The van der Waals surface area contributed by atoms with Gasteiger partial charge in [-0.15, -0.1) is 0 Å². The van der Waals surface area contributed by atoms with Gasteiger partial charge in [0.25, 0.3) is 0 Å². The highest BCUT2D eigenvalue weighted by Gasteiger charge is 2.18. The van der Waals surface area contributed by atoms with E-state index in [0.29, 0.717) is 5.75 Å². The van der Waals surface area contributed by atoms with Crippen LogP contribution in [0.15, 0.2) is 18.2 Å². The van der Waals surface area contributed by atoms with E-state index >= 15 is 0 Å². The van der Waals surface area contributed by atoms with Gasteiger partial charge in [-0.05, 0) is 24.1 Å². The summed E-state index contributed by atoms with van der Waals surface area (Å²) in [4.78, 5) is 12.0. The molecule has 1 atom stereocenters. The van der Waals surface area contributed by atoms with Crippen LogP contribution in [0.4, 0.5) is 4.39 Å². The molecule has 0 aliphatic carbocycles. The Morgan fingerprint density at radius 1 is 1.47 bits per heavy atom. The van der Waals surface area contributed by atoms with Gasteiger partial charge in [0.2, 0.25) is 0 Å². The van der Waals surface area contributed by atoms with E-state index in [1.54, 1.807) is 0 Å². The third-order valence-electron chi connectivity index (χ3n) is 2.74. The van der Waals surface area contributed by atoms with Gasteiger partial charge >= 0.3 is 0 Å². The summed E-state index contributed by atoms with van der Waals surface area (Å²) in [6.07, 6.45) is 0.192. The maximum atomic E-state index is 13.1. The minimum atomic E-state index is -0.452. The Labute approximate surface area is 101 Å². The predicted molar refractivity (Wildman–Crippen MR) is 64.7 cm³/mol. The first-order valence-electron chi connectivity index (χ1n) is 5.58. The summed E-state index contributed by atoms with van der Waals surface area (Å²) in [5.41, 5.74) is 6.08. The molecular weight excluding hydrogens is 221 g/mol. The summed E-state index contributed by atoms with van der Waals surface area (Å²) in [5.74, 6) is -0.0549. The number of benzene rings is 1. The van der Waals surface area contributed by atoms with Crippen LogP contribution in [-0.4, -0.2) is 18.9 Å². The van der Waals surface area contributed by atoms with Crippen LogP contribution in [0.1, 0.15) is 30.6 Å². The van der Waals surface area contributed by atoms with Crippen LogP contribution in [0.25, 0.3) is 0 Å². The second-order valence-electron chi connectivity index (χ2n) is 4.38. The highest BCUT2D eigenvalue weighted by Crippen LogP contribution is 2.22. The molecule has 0 aliphatic rings. The lowest BCUT2D eigenvalue weighted by atomic mass is 9.96. The van der Waals surface area contributed by atoms with E-state index in [-0.39, 0.29) is 29.7 Å². The van der Waals surface area contributed by atoms with Gasteiger partial charge in [-0.3, -0.25) is 4.79 Å². The largest absolute Gasteiger partial charge is 0.496 e. The highest BCUT2D eigenvalue weighted by molar-refractivity contribution is 5.99. The maximum absolute atomic E-state index is 13.1. The molecule has 0 aliphatic heterocycles. The number of hydrogen-bond acceptors (Lipinski definition) is 3. The number of ketones is 1. The summed E-state index contributed by atoms with van der Waals surface area (Å²) in [7, 11) is 1.45. The molecule has 4 heteroatoms. The summed E-state index contributed by atoms with van der Waals surface area (Å²) < 4.78 is 18.1. The number of Topliss-reactive ketones (excluding diaryl/α,β-unsaturated/α-hetero) is 1. The maximum Gasteiger partial charge on any atom is 0.168 e. The third kappa shape index (κ3) is 3.53. The zero-order valence-electron chi connectivity index (χ0n) is 10.4. The van der Waals surface area contributed by atoms with Gasteiger partial charge in [-0.2, -0.15) is 0 Å². The van der Waals surface area contributed by atoms with Crippen molar-refractivity contribution in [1.29, 1.82) is 0 Å². The molecule has 0 bridgehead atoms. The van der Waals surface area contributed by atoms with Gasteiger partial charge < -0.3 is 10.5 Å². The van der Waals surface area contributed by atoms with E-state index < -0.39 is 5.82 Å². The normalized spacial score (nSPS) is 12.6. The van der Waals surface area contributed by atoms with E-state index in [2.05, 4.69) is 0 Å². The van der Waals surface area contributed by atoms with Crippen molar-refractivity contribution in [3.05, 3.63) is 29.6 Å². The standard InChI is InChI=1S/C13H18FNO2/c1-8(2)11(15)7-12(16)10-6-9(14)4-5-13(10)17-3/h4-6,8,11H,7,15H2,1-3H3. The summed E-state index contributed by atoms with van der Waals surface area (Å²) in [5, 5.41) is 0. The van der Waals surface area contributed by atoms with E-state index in [0.717, 1.165) is 0 Å². The van der Waals surface area contributed by atoms with Crippen molar-refractivity contribution in [2.24, 2.45) is 11.7 Å².